The number of rotatable bonds is 4. The molecule has 3 aromatic heterocycles. The van der Waals surface area contributed by atoms with E-state index in [1.165, 1.54) is 10.9 Å². The second kappa shape index (κ2) is 7.53. The second-order valence-corrected chi connectivity index (χ2v) is 6.98. The van der Waals surface area contributed by atoms with Crippen molar-refractivity contribution in [3.05, 3.63) is 46.0 Å². The summed E-state index contributed by atoms with van der Waals surface area (Å²) in [6.07, 6.45) is 1.60. The molecule has 0 radical (unpaired) electrons. The van der Waals surface area contributed by atoms with Gasteiger partial charge in [-0.05, 0) is 26.0 Å². The van der Waals surface area contributed by atoms with Crippen LogP contribution in [-0.2, 0) is 11.3 Å². The Bertz CT molecular complexity index is 1110. The number of hydrogen-bond donors (Lipinski definition) is 0. The van der Waals surface area contributed by atoms with Crippen molar-refractivity contribution in [1.82, 2.24) is 24.7 Å². The van der Waals surface area contributed by atoms with Crippen molar-refractivity contribution >= 4 is 22.7 Å². The highest BCUT2D eigenvalue weighted by molar-refractivity contribution is 5.91. The standard InChI is InChI=1S/C19H21N5O5/c1-12-16-13(2)29-21-17(16)19(27)24(20-12)6-5-15(25)22-7-9-23(10-8-22)18(26)14-4-3-11-28-14/h3-4,11H,5-10H2,1-2H3. The van der Waals surface area contributed by atoms with Gasteiger partial charge in [-0.25, -0.2) is 4.68 Å². The highest BCUT2D eigenvalue weighted by Gasteiger charge is 2.26. The molecule has 152 valence electrons. The molecule has 10 heteroatoms. The minimum absolute atomic E-state index is 0.0853. The molecule has 1 fully saturated rings. The van der Waals surface area contributed by atoms with Crippen molar-refractivity contribution < 1.29 is 18.5 Å². The fourth-order valence-electron chi connectivity index (χ4n) is 3.57. The van der Waals surface area contributed by atoms with Gasteiger partial charge in [0.05, 0.1) is 23.9 Å². The van der Waals surface area contributed by atoms with Gasteiger partial charge in [0, 0.05) is 32.6 Å². The maximum absolute atomic E-state index is 12.6. The quantitative estimate of drug-likeness (QED) is 0.642. The number of piperazine rings is 1. The van der Waals surface area contributed by atoms with Gasteiger partial charge in [-0.15, -0.1) is 0 Å². The molecule has 4 rings (SSSR count). The number of amides is 2. The Morgan fingerprint density at radius 1 is 1.14 bits per heavy atom. The summed E-state index contributed by atoms with van der Waals surface area (Å²) in [4.78, 5) is 40.7. The zero-order chi connectivity index (χ0) is 20.5. The fraction of sp³-hybridized carbons (Fsp3) is 0.421. The Morgan fingerprint density at radius 3 is 2.55 bits per heavy atom. The van der Waals surface area contributed by atoms with Crippen molar-refractivity contribution in [1.29, 1.82) is 0 Å². The van der Waals surface area contributed by atoms with E-state index < -0.39 is 0 Å². The lowest BCUT2D eigenvalue weighted by Gasteiger charge is -2.34. The van der Waals surface area contributed by atoms with Crippen LogP contribution < -0.4 is 5.56 Å². The first-order valence-corrected chi connectivity index (χ1v) is 9.40. The third-order valence-corrected chi connectivity index (χ3v) is 5.12. The molecule has 0 N–H and O–H groups in total. The zero-order valence-corrected chi connectivity index (χ0v) is 16.3. The zero-order valence-electron chi connectivity index (χ0n) is 16.3. The molecule has 0 saturated carbocycles. The summed E-state index contributed by atoms with van der Waals surface area (Å²) in [7, 11) is 0. The van der Waals surface area contributed by atoms with Crippen LogP contribution in [0.25, 0.3) is 10.9 Å². The maximum atomic E-state index is 12.6. The molecular weight excluding hydrogens is 378 g/mol. The summed E-state index contributed by atoms with van der Waals surface area (Å²) in [6.45, 7) is 5.42. The maximum Gasteiger partial charge on any atom is 0.296 e. The molecule has 1 saturated heterocycles. The van der Waals surface area contributed by atoms with E-state index in [1.54, 1.807) is 35.8 Å². The van der Waals surface area contributed by atoms with Crippen LogP contribution in [-0.4, -0.2) is 62.7 Å². The number of aryl methyl sites for hydroxylation is 3. The van der Waals surface area contributed by atoms with Crippen LogP contribution in [0.3, 0.4) is 0 Å². The third kappa shape index (κ3) is 3.53. The molecule has 0 atom stereocenters. The van der Waals surface area contributed by atoms with E-state index in [4.69, 9.17) is 8.94 Å². The van der Waals surface area contributed by atoms with E-state index in [-0.39, 0.29) is 35.9 Å². The molecule has 0 spiro atoms. The van der Waals surface area contributed by atoms with E-state index in [1.807, 2.05) is 0 Å². The van der Waals surface area contributed by atoms with Crippen LogP contribution in [0.4, 0.5) is 0 Å². The smallest absolute Gasteiger partial charge is 0.296 e. The van der Waals surface area contributed by atoms with Crippen molar-refractivity contribution in [2.75, 3.05) is 26.2 Å². The Labute approximate surface area is 165 Å². The van der Waals surface area contributed by atoms with Crippen LogP contribution in [0.15, 0.2) is 32.1 Å². The predicted molar refractivity (Wildman–Crippen MR) is 101 cm³/mol. The number of hydrogen-bond acceptors (Lipinski definition) is 7. The molecule has 1 aliphatic heterocycles. The molecule has 3 aromatic rings. The Hall–Kier alpha value is -3.43. The van der Waals surface area contributed by atoms with E-state index in [9.17, 15) is 14.4 Å². The number of carbonyl (C=O) groups excluding carboxylic acids is 2. The fourth-order valence-corrected chi connectivity index (χ4v) is 3.57. The summed E-state index contributed by atoms with van der Waals surface area (Å²) >= 11 is 0. The Morgan fingerprint density at radius 2 is 1.86 bits per heavy atom. The number of furan rings is 1. The molecule has 4 heterocycles. The molecule has 0 bridgehead atoms. The van der Waals surface area contributed by atoms with Gasteiger partial charge in [-0.1, -0.05) is 5.16 Å². The number of nitrogens with zero attached hydrogens (tertiary/aromatic N) is 5. The van der Waals surface area contributed by atoms with Gasteiger partial charge in [-0.3, -0.25) is 14.4 Å². The molecule has 2 amide bonds. The van der Waals surface area contributed by atoms with Crippen molar-refractivity contribution in [3.63, 3.8) is 0 Å². The van der Waals surface area contributed by atoms with Gasteiger partial charge >= 0.3 is 0 Å². The molecule has 10 nitrogen and oxygen atoms in total. The monoisotopic (exact) mass is 399 g/mol. The van der Waals surface area contributed by atoms with Gasteiger partial charge in [0.1, 0.15) is 5.76 Å². The van der Waals surface area contributed by atoms with Crippen LogP contribution in [0, 0.1) is 13.8 Å². The number of fused-ring (bicyclic) bond motifs is 1. The molecule has 0 unspecified atom stereocenters. The lowest BCUT2D eigenvalue weighted by molar-refractivity contribution is -0.133. The molecule has 0 aromatic carbocycles. The molecule has 1 aliphatic rings. The van der Waals surface area contributed by atoms with Crippen LogP contribution >= 0.6 is 0 Å². The summed E-state index contributed by atoms with van der Waals surface area (Å²) in [5.74, 6) is 0.582. The molecular formula is C19H21N5O5. The highest BCUT2D eigenvalue weighted by Crippen LogP contribution is 2.16. The lowest BCUT2D eigenvalue weighted by Crippen LogP contribution is -2.50. The average Bonchev–Trinajstić information content (AvgIpc) is 3.39. The van der Waals surface area contributed by atoms with E-state index in [0.717, 1.165) is 0 Å². The highest BCUT2D eigenvalue weighted by atomic mass is 16.5. The summed E-state index contributed by atoms with van der Waals surface area (Å²) in [6, 6.07) is 3.29. The third-order valence-electron chi connectivity index (χ3n) is 5.12. The number of carbonyl (C=O) groups is 2. The second-order valence-electron chi connectivity index (χ2n) is 6.98. The summed E-state index contributed by atoms with van der Waals surface area (Å²) < 4.78 is 11.5. The van der Waals surface area contributed by atoms with Crippen molar-refractivity contribution in [3.8, 4) is 0 Å². The Kier molecular flexibility index (Phi) is 4.91. The van der Waals surface area contributed by atoms with Crippen LogP contribution in [0.1, 0.15) is 28.4 Å². The summed E-state index contributed by atoms with van der Waals surface area (Å²) in [5, 5.41) is 8.72. The topological polar surface area (TPSA) is 115 Å². The Balaban J connectivity index is 1.36. The van der Waals surface area contributed by atoms with Crippen LogP contribution in [0.2, 0.25) is 0 Å². The summed E-state index contributed by atoms with van der Waals surface area (Å²) in [5.41, 5.74) is 0.493. The normalized spacial score (nSPS) is 14.6. The van der Waals surface area contributed by atoms with Gasteiger partial charge in [-0.2, -0.15) is 5.10 Å². The lowest BCUT2D eigenvalue weighted by atomic mass is 10.2. The van der Waals surface area contributed by atoms with Crippen molar-refractivity contribution in [2.24, 2.45) is 0 Å². The molecule has 29 heavy (non-hydrogen) atoms. The van der Waals surface area contributed by atoms with E-state index >= 15 is 0 Å². The molecule has 0 aliphatic carbocycles. The first-order chi connectivity index (χ1) is 14.0. The van der Waals surface area contributed by atoms with Gasteiger partial charge in [0.25, 0.3) is 11.5 Å². The first kappa shape index (κ1) is 18.9. The average molecular weight is 399 g/mol. The van der Waals surface area contributed by atoms with Crippen LogP contribution in [0.5, 0.6) is 0 Å². The first-order valence-electron chi connectivity index (χ1n) is 9.40. The van der Waals surface area contributed by atoms with Gasteiger partial charge in [0.15, 0.2) is 11.3 Å². The van der Waals surface area contributed by atoms with Gasteiger partial charge in [0.2, 0.25) is 5.91 Å². The van der Waals surface area contributed by atoms with E-state index in [0.29, 0.717) is 48.8 Å². The largest absolute Gasteiger partial charge is 0.459 e. The number of aromatic nitrogens is 3. The SMILES string of the molecule is Cc1nn(CCC(=O)N2CCN(C(=O)c3ccco3)CC2)c(=O)c2noc(C)c12. The minimum atomic E-state index is -0.371. The minimum Gasteiger partial charge on any atom is -0.459 e. The van der Waals surface area contributed by atoms with E-state index in [2.05, 4.69) is 10.3 Å². The predicted octanol–water partition coefficient (Wildman–Crippen LogP) is 0.969. The van der Waals surface area contributed by atoms with Crippen molar-refractivity contribution in [2.45, 2.75) is 26.8 Å². The van der Waals surface area contributed by atoms with Gasteiger partial charge < -0.3 is 18.7 Å².